The van der Waals surface area contributed by atoms with Crippen LogP contribution in [0.4, 0.5) is 0 Å². The van der Waals surface area contributed by atoms with Gasteiger partial charge in [-0.2, -0.15) is 0 Å². The molecule has 1 fully saturated rings. The molecule has 4 heteroatoms. The third-order valence-electron chi connectivity index (χ3n) is 4.02. The first kappa shape index (κ1) is 13.1. The molecule has 2 N–H and O–H groups in total. The molecular weight excluding hydrogens is 228 g/mol. The zero-order valence-corrected chi connectivity index (χ0v) is 11.5. The summed E-state index contributed by atoms with van der Waals surface area (Å²) < 4.78 is 5.42. The van der Waals surface area contributed by atoms with Crippen LogP contribution in [0.25, 0.3) is 0 Å². The standard InChI is InChI=1S/C14H22N2O2/c1-10-8-12(11(2)18-10)13(17)16-6-4-14(3,9-15)5-7-16/h8H,4-7,9,15H2,1-3H3. The van der Waals surface area contributed by atoms with Gasteiger partial charge in [-0.25, -0.2) is 0 Å². The number of likely N-dealkylation sites (tertiary alicyclic amines) is 1. The number of nitrogens with two attached hydrogens (primary N) is 1. The van der Waals surface area contributed by atoms with Gasteiger partial charge in [0.2, 0.25) is 0 Å². The Labute approximate surface area is 108 Å². The van der Waals surface area contributed by atoms with E-state index in [1.54, 1.807) is 0 Å². The summed E-state index contributed by atoms with van der Waals surface area (Å²) in [5, 5.41) is 0. The summed E-state index contributed by atoms with van der Waals surface area (Å²) in [4.78, 5) is 14.3. The lowest BCUT2D eigenvalue weighted by Gasteiger charge is -2.38. The fourth-order valence-corrected chi connectivity index (χ4v) is 2.47. The van der Waals surface area contributed by atoms with Crippen molar-refractivity contribution in [3.8, 4) is 0 Å². The smallest absolute Gasteiger partial charge is 0.257 e. The van der Waals surface area contributed by atoms with E-state index < -0.39 is 0 Å². The second kappa shape index (κ2) is 4.76. The number of rotatable bonds is 2. The molecule has 0 unspecified atom stereocenters. The largest absolute Gasteiger partial charge is 0.466 e. The summed E-state index contributed by atoms with van der Waals surface area (Å²) in [6.07, 6.45) is 1.95. The molecule has 1 saturated heterocycles. The molecule has 0 aromatic carbocycles. The molecule has 0 bridgehead atoms. The van der Waals surface area contributed by atoms with Crippen molar-refractivity contribution >= 4 is 5.91 Å². The van der Waals surface area contributed by atoms with Crippen LogP contribution in [0.1, 0.15) is 41.6 Å². The third-order valence-corrected chi connectivity index (χ3v) is 4.02. The highest BCUT2D eigenvalue weighted by Gasteiger charge is 2.31. The van der Waals surface area contributed by atoms with Gasteiger partial charge in [0.1, 0.15) is 11.5 Å². The van der Waals surface area contributed by atoms with Gasteiger partial charge in [0.25, 0.3) is 5.91 Å². The molecule has 1 aliphatic rings. The lowest BCUT2D eigenvalue weighted by molar-refractivity contribution is 0.0616. The number of hydrogen-bond acceptors (Lipinski definition) is 3. The first-order valence-corrected chi connectivity index (χ1v) is 6.51. The molecule has 1 aromatic rings. The van der Waals surface area contributed by atoms with Crippen LogP contribution in [-0.4, -0.2) is 30.4 Å². The van der Waals surface area contributed by atoms with E-state index in [-0.39, 0.29) is 11.3 Å². The number of aryl methyl sites for hydroxylation is 2. The Morgan fingerprint density at radius 1 is 1.44 bits per heavy atom. The predicted octanol–water partition coefficient (Wildman–Crippen LogP) is 2.10. The summed E-state index contributed by atoms with van der Waals surface area (Å²) in [6, 6.07) is 1.83. The van der Waals surface area contributed by atoms with Gasteiger partial charge in [0, 0.05) is 13.1 Å². The van der Waals surface area contributed by atoms with Crippen molar-refractivity contribution in [2.45, 2.75) is 33.6 Å². The Bertz CT molecular complexity index is 443. The number of piperidine rings is 1. The first-order chi connectivity index (χ1) is 8.45. The Kier molecular flexibility index (Phi) is 3.48. The Morgan fingerprint density at radius 2 is 2.06 bits per heavy atom. The SMILES string of the molecule is Cc1cc(C(=O)N2CCC(C)(CN)CC2)c(C)o1. The average molecular weight is 250 g/mol. The van der Waals surface area contributed by atoms with E-state index in [1.807, 2.05) is 24.8 Å². The van der Waals surface area contributed by atoms with Crippen molar-refractivity contribution in [1.29, 1.82) is 0 Å². The van der Waals surface area contributed by atoms with E-state index >= 15 is 0 Å². The number of hydrogen-bond donors (Lipinski definition) is 1. The molecule has 0 radical (unpaired) electrons. The van der Waals surface area contributed by atoms with Gasteiger partial charge in [0.15, 0.2) is 0 Å². The lowest BCUT2D eigenvalue weighted by atomic mass is 9.80. The Morgan fingerprint density at radius 3 is 2.50 bits per heavy atom. The normalized spacial score (nSPS) is 19.0. The van der Waals surface area contributed by atoms with Crippen LogP contribution in [-0.2, 0) is 0 Å². The van der Waals surface area contributed by atoms with Crippen molar-refractivity contribution in [3.63, 3.8) is 0 Å². The van der Waals surface area contributed by atoms with Crippen molar-refractivity contribution in [1.82, 2.24) is 4.90 Å². The Balaban J connectivity index is 2.06. The number of furan rings is 1. The van der Waals surface area contributed by atoms with Gasteiger partial charge in [0.05, 0.1) is 5.56 Å². The van der Waals surface area contributed by atoms with Crippen LogP contribution in [0.2, 0.25) is 0 Å². The molecule has 0 aliphatic carbocycles. The number of carbonyl (C=O) groups is 1. The summed E-state index contributed by atoms with van der Waals surface area (Å²) in [6.45, 7) is 8.17. The number of carbonyl (C=O) groups excluding carboxylic acids is 1. The highest BCUT2D eigenvalue weighted by molar-refractivity contribution is 5.95. The molecule has 1 amide bonds. The number of amides is 1. The van der Waals surface area contributed by atoms with Crippen LogP contribution < -0.4 is 5.73 Å². The molecule has 0 atom stereocenters. The lowest BCUT2D eigenvalue weighted by Crippen LogP contribution is -2.44. The summed E-state index contributed by atoms with van der Waals surface area (Å²) in [5.74, 6) is 1.59. The molecule has 0 spiro atoms. The van der Waals surface area contributed by atoms with Crippen LogP contribution in [0.3, 0.4) is 0 Å². The molecule has 4 nitrogen and oxygen atoms in total. The van der Waals surface area contributed by atoms with Gasteiger partial charge in [-0.05, 0) is 44.7 Å². The van der Waals surface area contributed by atoms with Crippen molar-refractivity contribution in [2.24, 2.45) is 11.1 Å². The van der Waals surface area contributed by atoms with E-state index in [2.05, 4.69) is 6.92 Å². The molecule has 1 aromatic heterocycles. The molecule has 2 rings (SSSR count). The van der Waals surface area contributed by atoms with E-state index in [0.717, 1.165) is 31.7 Å². The zero-order chi connectivity index (χ0) is 13.3. The topological polar surface area (TPSA) is 59.5 Å². The van der Waals surface area contributed by atoms with Gasteiger partial charge in [-0.3, -0.25) is 4.79 Å². The fourth-order valence-electron chi connectivity index (χ4n) is 2.47. The first-order valence-electron chi connectivity index (χ1n) is 6.51. The third kappa shape index (κ3) is 2.43. The molecule has 2 heterocycles. The highest BCUT2D eigenvalue weighted by atomic mass is 16.3. The maximum absolute atomic E-state index is 12.4. The van der Waals surface area contributed by atoms with Crippen molar-refractivity contribution in [2.75, 3.05) is 19.6 Å². The predicted molar refractivity (Wildman–Crippen MR) is 70.5 cm³/mol. The molecule has 1 aliphatic heterocycles. The zero-order valence-electron chi connectivity index (χ0n) is 11.5. The quantitative estimate of drug-likeness (QED) is 0.874. The fraction of sp³-hybridized carbons (Fsp3) is 0.643. The minimum absolute atomic E-state index is 0.0865. The van der Waals surface area contributed by atoms with Crippen LogP contribution in [0.5, 0.6) is 0 Å². The Hall–Kier alpha value is -1.29. The van der Waals surface area contributed by atoms with Crippen molar-refractivity contribution < 1.29 is 9.21 Å². The minimum Gasteiger partial charge on any atom is -0.466 e. The average Bonchev–Trinajstić information content (AvgIpc) is 2.69. The molecule has 18 heavy (non-hydrogen) atoms. The van der Waals surface area contributed by atoms with E-state index in [0.29, 0.717) is 17.9 Å². The molecule has 0 saturated carbocycles. The summed E-state index contributed by atoms with van der Waals surface area (Å²) in [7, 11) is 0. The van der Waals surface area contributed by atoms with Gasteiger partial charge >= 0.3 is 0 Å². The second-order valence-electron chi connectivity index (χ2n) is 5.63. The maximum atomic E-state index is 12.4. The van der Waals surface area contributed by atoms with Crippen LogP contribution in [0.15, 0.2) is 10.5 Å². The highest BCUT2D eigenvalue weighted by Crippen LogP contribution is 2.30. The molecular formula is C14H22N2O2. The van der Waals surface area contributed by atoms with E-state index in [1.165, 1.54) is 0 Å². The molecule has 100 valence electrons. The van der Waals surface area contributed by atoms with Gasteiger partial charge < -0.3 is 15.1 Å². The van der Waals surface area contributed by atoms with E-state index in [4.69, 9.17) is 10.2 Å². The van der Waals surface area contributed by atoms with E-state index in [9.17, 15) is 4.79 Å². The number of nitrogens with zero attached hydrogens (tertiary/aromatic N) is 1. The van der Waals surface area contributed by atoms with Crippen LogP contribution >= 0.6 is 0 Å². The minimum atomic E-state index is 0.0865. The summed E-state index contributed by atoms with van der Waals surface area (Å²) in [5.41, 5.74) is 6.67. The van der Waals surface area contributed by atoms with Crippen LogP contribution in [0, 0.1) is 19.3 Å². The summed E-state index contributed by atoms with van der Waals surface area (Å²) >= 11 is 0. The van der Waals surface area contributed by atoms with Gasteiger partial charge in [-0.1, -0.05) is 6.92 Å². The van der Waals surface area contributed by atoms with Gasteiger partial charge in [-0.15, -0.1) is 0 Å². The maximum Gasteiger partial charge on any atom is 0.257 e. The monoisotopic (exact) mass is 250 g/mol. The van der Waals surface area contributed by atoms with Crippen molar-refractivity contribution in [3.05, 3.63) is 23.2 Å². The second-order valence-corrected chi connectivity index (χ2v) is 5.63.